The van der Waals surface area contributed by atoms with E-state index in [1.165, 1.54) is 5.69 Å². The summed E-state index contributed by atoms with van der Waals surface area (Å²) in [6.45, 7) is 0. The highest BCUT2D eigenvalue weighted by Gasteiger charge is 2.23. The van der Waals surface area contributed by atoms with Crippen LogP contribution in [0.3, 0.4) is 0 Å². The Labute approximate surface area is 217 Å². The molecule has 0 spiro atoms. The molecule has 9 heteroatoms. The first-order valence-corrected chi connectivity index (χ1v) is 12.5. The van der Waals surface area contributed by atoms with Crippen molar-refractivity contribution in [2.24, 2.45) is 0 Å². The zero-order valence-corrected chi connectivity index (χ0v) is 22.1. The summed E-state index contributed by atoms with van der Waals surface area (Å²) in [6, 6.07) is 14.6. The van der Waals surface area contributed by atoms with E-state index in [1.54, 1.807) is 26.4 Å². The van der Waals surface area contributed by atoms with Gasteiger partial charge >= 0.3 is 0 Å². The zero-order valence-electron chi connectivity index (χ0n) is 20.5. The number of anilines is 3. The Morgan fingerprint density at radius 2 is 1.69 bits per heavy atom. The number of nitrogens with one attached hydrogen (secondary N) is 3. The third kappa shape index (κ3) is 6.00. The van der Waals surface area contributed by atoms with Gasteiger partial charge < -0.3 is 30.3 Å². The second kappa shape index (κ2) is 11.2. The van der Waals surface area contributed by atoms with Crippen LogP contribution in [0.25, 0.3) is 10.9 Å². The van der Waals surface area contributed by atoms with Gasteiger partial charge in [-0.2, -0.15) is 0 Å². The van der Waals surface area contributed by atoms with Gasteiger partial charge in [0.1, 0.15) is 17.3 Å². The summed E-state index contributed by atoms with van der Waals surface area (Å²) in [5.41, 5.74) is 2.88. The highest BCUT2D eigenvalue weighted by atomic mass is 35.5. The van der Waals surface area contributed by atoms with Crippen LogP contribution in [-0.2, 0) is 0 Å². The number of halogens is 1. The third-order valence-electron chi connectivity index (χ3n) is 6.31. The van der Waals surface area contributed by atoms with Crippen molar-refractivity contribution >= 4 is 57.0 Å². The predicted octanol–water partition coefficient (Wildman–Crippen LogP) is 5.68. The molecule has 35 heavy (non-hydrogen) atoms. The summed E-state index contributed by atoms with van der Waals surface area (Å²) in [6.07, 6.45) is 4.08. The second-order valence-corrected chi connectivity index (χ2v) is 9.73. The lowest BCUT2D eigenvalue weighted by Gasteiger charge is -2.31. The number of aromatic nitrogens is 1. The number of methoxy groups -OCH3 is 2. The number of rotatable bonds is 7. The van der Waals surface area contributed by atoms with Crippen LogP contribution in [0.1, 0.15) is 25.7 Å². The van der Waals surface area contributed by atoms with Crippen LogP contribution >= 0.6 is 23.8 Å². The quantitative estimate of drug-likeness (QED) is 0.348. The van der Waals surface area contributed by atoms with Gasteiger partial charge in [-0.25, -0.2) is 4.98 Å². The number of nitrogens with zero attached hydrogens (tertiary/aromatic N) is 2. The molecule has 0 bridgehead atoms. The predicted molar refractivity (Wildman–Crippen MR) is 150 cm³/mol. The standard InChI is InChI=1S/C26H32ClN5O2S/c1-32(2)22-15-25(30-20-8-6-5-7-18(20)22)28-16-9-11-17(12-10-16)29-26(35)31-21-14-23(33-3)19(27)13-24(21)34-4/h5-8,13-17H,9-12H2,1-4H3,(H,28,30)(H2,29,31,35)/t16-,17+. The molecular formula is C26H32ClN5O2S. The van der Waals surface area contributed by atoms with Crippen molar-refractivity contribution in [3.8, 4) is 11.5 Å². The Kier molecular flexibility index (Phi) is 8.03. The first kappa shape index (κ1) is 25.1. The van der Waals surface area contributed by atoms with Gasteiger partial charge in [-0.3, -0.25) is 0 Å². The molecule has 1 aromatic heterocycles. The Morgan fingerprint density at radius 1 is 1.00 bits per heavy atom. The van der Waals surface area contributed by atoms with E-state index in [4.69, 9.17) is 38.3 Å². The van der Waals surface area contributed by atoms with E-state index >= 15 is 0 Å². The topological polar surface area (TPSA) is 70.7 Å². The van der Waals surface area contributed by atoms with E-state index in [9.17, 15) is 0 Å². The number of hydrogen-bond acceptors (Lipinski definition) is 6. The molecule has 4 rings (SSSR count). The summed E-state index contributed by atoms with van der Waals surface area (Å²) in [7, 11) is 7.30. The molecule has 1 fully saturated rings. The minimum Gasteiger partial charge on any atom is -0.495 e. The van der Waals surface area contributed by atoms with E-state index in [0.29, 0.717) is 39.4 Å². The summed E-state index contributed by atoms with van der Waals surface area (Å²) in [5.74, 6) is 2.08. The molecule has 1 saturated carbocycles. The Morgan fingerprint density at radius 3 is 2.37 bits per heavy atom. The van der Waals surface area contributed by atoms with Crippen molar-refractivity contribution in [2.75, 3.05) is 43.8 Å². The van der Waals surface area contributed by atoms with E-state index in [2.05, 4.69) is 59.2 Å². The van der Waals surface area contributed by atoms with Gasteiger partial charge in [0.15, 0.2) is 5.11 Å². The zero-order chi connectivity index (χ0) is 24.9. The maximum Gasteiger partial charge on any atom is 0.171 e. The van der Waals surface area contributed by atoms with Gasteiger partial charge in [0.2, 0.25) is 0 Å². The number of ether oxygens (including phenoxy) is 2. The third-order valence-corrected chi connectivity index (χ3v) is 6.83. The Hall–Kier alpha value is -2.97. The normalized spacial score (nSPS) is 17.5. The van der Waals surface area contributed by atoms with E-state index in [0.717, 1.165) is 42.4 Å². The number of para-hydroxylation sites is 1. The van der Waals surface area contributed by atoms with E-state index < -0.39 is 0 Å². The van der Waals surface area contributed by atoms with Crippen molar-refractivity contribution in [3.63, 3.8) is 0 Å². The number of pyridine rings is 1. The maximum absolute atomic E-state index is 6.20. The Bertz CT molecular complexity index is 1200. The molecular weight excluding hydrogens is 482 g/mol. The van der Waals surface area contributed by atoms with Gasteiger partial charge in [0, 0.05) is 55.5 Å². The van der Waals surface area contributed by atoms with Crippen LogP contribution in [0, 0.1) is 0 Å². The lowest BCUT2D eigenvalue weighted by Crippen LogP contribution is -2.42. The highest BCUT2D eigenvalue weighted by molar-refractivity contribution is 7.80. The fourth-order valence-electron chi connectivity index (χ4n) is 4.49. The van der Waals surface area contributed by atoms with E-state index in [-0.39, 0.29) is 0 Å². The molecule has 0 aliphatic heterocycles. The largest absolute Gasteiger partial charge is 0.495 e. The molecule has 1 aliphatic carbocycles. The molecule has 0 amide bonds. The summed E-state index contributed by atoms with van der Waals surface area (Å²) < 4.78 is 10.7. The summed E-state index contributed by atoms with van der Waals surface area (Å²) in [5, 5.41) is 12.5. The van der Waals surface area contributed by atoms with Crippen molar-refractivity contribution < 1.29 is 9.47 Å². The average molecular weight is 514 g/mol. The summed E-state index contributed by atoms with van der Waals surface area (Å²) in [4.78, 5) is 6.98. The van der Waals surface area contributed by atoms with E-state index in [1.807, 2.05) is 6.07 Å². The van der Waals surface area contributed by atoms with Crippen LogP contribution in [0.4, 0.5) is 17.2 Å². The lowest BCUT2D eigenvalue weighted by molar-refractivity contribution is 0.388. The van der Waals surface area contributed by atoms with Crippen LogP contribution < -0.4 is 30.3 Å². The van der Waals surface area contributed by atoms with Crippen LogP contribution in [-0.4, -0.2) is 50.5 Å². The second-order valence-electron chi connectivity index (χ2n) is 8.92. The first-order valence-electron chi connectivity index (χ1n) is 11.7. The van der Waals surface area contributed by atoms with Gasteiger partial charge in [-0.1, -0.05) is 29.8 Å². The lowest BCUT2D eigenvalue weighted by atomic mass is 9.91. The minimum atomic E-state index is 0.301. The SMILES string of the molecule is COc1cc(NC(=S)N[C@H]2CC[C@@H](Nc3cc(N(C)C)c4ccccc4n3)CC2)c(OC)cc1Cl. The van der Waals surface area contributed by atoms with Crippen molar-refractivity contribution in [2.45, 2.75) is 37.8 Å². The first-order chi connectivity index (χ1) is 16.9. The van der Waals surface area contributed by atoms with Gasteiger partial charge in [-0.05, 0) is 44.0 Å². The van der Waals surface area contributed by atoms with Crippen LogP contribution in [0.5, 0.6) is 11.5 Å². The fraction of sp³-hybridized carbons (Fsp3) is 0.385. The molecule has 0 atom stereocenters. The molecule has 0 saturated heterocycles. The highest BCUT2D eigenvalue weighted by Crippen LogP contribution is 2.36. The smallest absolute Gasteiger partial charge is 0.171 e. The number of fused-ring (bicyclic) bond motifs is 1. The molecule has 2 aromatic carbocycles. The monoisotopic (exact) mass is 513 g/mol. The maximum atomic E-state index is 6.20. The van der Waals surface area contributed by atoms with Gasteiger partial charge in [0.25, 0.3) is 0 Å². The molecule has 3 aromatic rings. The van der Waals surface area contributed by atoms with Crippen molar-refractivity contribution in [3.05, 3.63) is 47.5 Å². The number of thiocarbonyl (C=S) groups is 1. The number of hydrogen-bond donors (Lipinski definition) is 3. The van der Waals surface area contributed by atoms with Gasteiger partial charge in [0.05, 0.1) is 30.4 Å². The molecule has 3 N–H and O–H groups in total. The average Bonchev–Trinajstić information content (AvgIpc) is 2.85. The van der Waals surface area contributed by atoms with Gasteiger partial charge in [-0.15, -0.1) is 0 Å². The van der Waals surface area contributed by atoms with Crippen LogP contribution in [0.15, 0.2) is 42.5 Å². The Balaban J connectivity index is 1.34. The van der Waals surface area contributed by atoms with Crippen molar-refractivity contribution in [1.82, 2.24) is 10.3 Å². The molecule has 1 aliphatic rings. The molecule has 1 heterocycles. The minimum absolute atomic E-state index is 0.301. The van der Waals surface area contributed by atoms with Crippen LogP contribution in [0.2, 0.25) is 5.02 Å². The summed E-state index contributed by atoms with van der Waals surface area (Å²) >= 11 is 11.8. The number of benzene rings is 2. The van der Waals surface area contributed by atoms with Crippen molar-refractivity contribution in [1.29, 1.82) is 0 Å². The molecule has 0 radical (unpaired) electrons. The molecule has 0 unspecified atom stereocenters. The fourth-order valence-corrected chi connectivity index (χ4v) is 5.00. The molecule has 7 nitrogen and oxygen atoms in total. The molecule has 186 valence electrons.